The average molecular weight is 269 g/mol. The van der Waals surface area contributed by atoms with Gasteiger partial charge in [0, 0.05) is 23.6 Å². The molecule has 0 atom stereocenters. The normalized spacial score (nSPS) is 10.9. The SMILES string of the molecule is Cn1ncc2cc(-c3cc(C(N)=O)ccc3F)ccc21. The summed E-state index contributed by atoms with van der Waals surface area (Å²) < 4.78 is 15.7. The van der Waals surface area contributed by atoms with E-state index in [1.165, 1.54) is 18.2 Å². The van der Waals surface area contributed by atoms with Gasteiger partial charge >= 0.3 is 0 Å². The van der Waals surface area contributed by atoms with Gasteiger partial charge in [-0.15, -0.1) is 0 Å². The molecule has 0 unspecified atom stereocenters. The first-order chi connectivity index (χ1) is 9.56. The number of hydrogen-bond acceptors (Lipinski definition) is 2. The van der Waals surface area contributed by atoms with Crippen LogP contribution in [-0.4, -0.2) is 15.7 Å². The molecule has 0 radical (unpaired) electrons. The van der Waals surface area contributed by atoms with Gasteiger partial charge in [-0.25, -0.2) is 4.39 Å². The third-order valence-corrected chi connectivity index (χ3v) is 3.31. The van der Waals surface area contributed by atoms with Crippen LogP contribution in [0.3, 0.4) is 0 Å². The van der Waals surface area contributed by atoms with Crippen LogP contribution < -0.4 is 5.73 Å². The molecule has 20 heavy (non-hydrogen) atoms. The van der Waals surface area contributed by atoms with Gasteiger partial charge in [0.15, 0.2) is 0 Å². The molecule has 0 bridgehead atoms. The van der Waals surface area contributed by atoms with E-state index in [-0.39, 0.29) is 5.56 Å². The van der Waals surface area contributed by atoms with Crippen molar-refractivity contribution in [3.8, 4) is 11.1 Å². The van der Waals surface area contributed by atoms with Crippen LogP contribution in [0.1, 0.15) is 10.4 Å². The summed E-state index contributed by atoms with van der Waals surface area (Å²) in [7, 11) is 1.84. The van der Waals surface area contributed by atoms with E-state index in [1.54, 1.807) is 16.9 Å². The minimum absolute atomic E-state index is 0.285. The van der Waals surface area contributed by atoms with Crippen molar-refractivity contribution in [3.63, 3.8) is 0 Å². The van der Waals surface area contributed by atoms with Crippen LogP contribution in [-0.2, 0) is 7.05 Å². The first kappa shape index (κ1) is 12.3. The molecular formula is C15H12FN3O. The van der Waals surface area contributed by atoms with E-state index in [0.717, 1.165) is 10.9 Å². The van der Waals surface area contributed by atoms with Crippen LogP contribution in [0.4, 0.5) is 4.39 Å². The van der Waals surface area contributed by atoms with E-state index in [4.69, 9.17) is 5.73 Å². The number of carbonyl (C=O) groups excluding carboxylic acids is 1. The lowest BCUT2D eigenvalue weighted by Gasteiger charge is -2.06. The average Bonchev–Trinajstić information content (AvgIpc) is 2.80. The molecule has 0 fully saturated rings. The second-order valence-corrected chi connectivity index (χ2v) is 4.60. The van der Waals surface area contributed by atoms with Crippen molar-refractivity contribution >= 4 is 16.8 Å². The summed E-state index contributed by atoms with van der Waals surface area (Å²) in [6, 6.07) is 9.61. The Morgan fingerprint density at radius 3 is 2.80 bits per heavy atom. The number of primary amides is 1. The van der Waals surface area contributed by atoms with Gasteiger partial charge in [-0.3, -0.25) is 9.48 Å². The summed E-state index contributed by atoms with van der Waals surface area (Å²) in [6.45, 7) is 0. The first-order valence-corrected chi connectivity index (χ1v) is 6.08. The summed E-state index contributed by atoms with van der Waals surface area (Å²) in [5, 5.41) is 5.06. The van der Waals surface area contributed by atoms with Crippen LogP contribution in [0.5, 0.6) is 0 Å². The molecule has 3 aromatic rings. The fourth-order valence-corrected chi connectivity index (χ4v) is 2.23. The van der Waals surface area contributed by atoms with Gasteiger partial charge < -0.3 is 5.73 Å². The summed E-state index contributed by atoms with van der Waals surface area (Å²) in [6.07, 6.45) is 1.72. The van der Waals surface area contributed by atoms with Crippen molar-refractivity contribution in [1.29, 1.82) is 0 Å². The maximum atomic E-state index is 14.0. The zero-order valence-electron chi connectivity index (χ0n) is 10.8. The molecule has 0 saturated heterocycles. The van der Waals surface area contributed by atoms with Crippen LogP contribution in [0, 0.1) is 5.82 Å². The van der Waals surface area contributed by atoms with E-state index < -0.39 is 11.7 Å². The Hall–Kier alpha value is -2.69. The molecule has 100 valence electrons. The van der Waals surface area contributed by atoms with Crippen LogP contribution >= 0.6 is 0 Å². The van der Waals surface area contributed by atoms with Gasteiger partial charge in [-0.2, -0.15) is 5.10 Å². The molecule has 2 N–H and O–H groups in total. The monoisotopic (exact) mass is 269 g/mol. The van der Waals surface area contributed by atoms with Crippen LogP contribution in [0.15, 0.2) is 42.6 Å². The van der Waals surface area contributed by atoms with E-state index in [1.807, 2.05) is 19.2 Å². The molecule has 0 saturated carbocycles. The molecule has 1 heterocycles. The highest BCUT2D eigenvalue weighted by Crippen LogP contribution is 2.27. The van der Waals surface area contributed by atoms with Gasteiger partial charge in [0.1, 0.15) is 5.82 Å². The lowest BCUT2D eigenvalue weighted by molar-refractivity contribution is 0.100. The second-order valence-electron chi connectivity index (χ2n) is 4.60. The predicted octanol–water partition coefficient (Wildman–Crippen LogP) is 2.48. The molecule has 5 heteroatoms. The Kier molecular flexibility index (Phi) is 2.75. The molecule has 1 aromatic heterocycles. The Labute approximate surface area is 114 Å². The maximum absolute atomic E-state index is 14.0. The molecule has 0 aliphatic rings. The van der Waals surface area contributed by atoms with Gasteiger partial charge in [-0.05, 0) is 35.9 Å². The third-order valence-electron chi connectivity index (χ3n) is 3.31. The number of rotatable bonds is 2. The highest BCUT2D eigenvalue weighted by Gasteiger charge is 2.10. The number of hydrogen-bond donors (Lipinski definition) is 1. The van der Waals surface area contributed by atoms with Crippen molar-refractivity contribution in [2.45, 2.75) is 0 Å². The Bertz CT molecular complexity index is 823. The van der Waals surface area contributed by atoms with Crippen molar-refractivity contribution in [3.05, 3.63) is 54.0 Å². The smallest absolute Gasteiger partial charge is 0.248 e. The highest BCUT2D eigenvalue weighted by molar-refractivity contribution is 5.94. The molecule has 1 amide bonds. The van der Waals surface area contributed by atoms with Gasteiger partial charge in [0.2, 0.25) is 5.91 Å². The van der Waals surface area contributed by atoms with Crippen molar-refractivity contribution in [2.24, 2.45) is 12.8 Å². The number of aromatic nitrogens is 2. The van der Waals surface area contributed by atoms with Gasteiger partial charge in [0.05, 0.1) is 11.7 Å². The van der Waals surface area contributed by atoms with Crippen LogP contribution in [0.2, 0.25) is 0 Å². The Balaban J connectivity index is 2.19. The lowest BCUT2D eigenvalue weighted by atomic mass is 10.0. The first-order valence-electron chi connectivity index (χ1n) is 6.08. The minimum Gasteiger partial charge on any atom is -0.366 e. The van der Waals surface area contributed by atoms with Crippen molar-refractivity contribution in [2.75, 3.05) is 0 Å². The van der Waals surface area contributed by atoms with E-state index in [0.29, 0.717) is 11.1 Å². The predicted molar refractivity (Wildman–Crippen MR) is 74.6 cm³/mol. The fraction of sp³-hybridized carbons (Fsp3) is 0.0667. The largest absolute Gasteiger partial charge is 0.366 e. The van der Waals surface area contributed by atoms with Crippen molar-refractivity contribution in [1.82, 2.24) is 9.78 Å². The highest BCUT2D eigenvalue weighted by atomic mass is 19.1. The van der Waals surface area contributed by atoms with E-state index in [2.05, 4.69) is 5.10 Å². The molecular weight excluding hydrogens is 257 g/mol. The molecule has 4 nitrogen and oxygen atoms in total. The molecule has 3 rings (SSSR count). The number of nitrogens with two attached hydrogens (primary N) is 1. The number of carbonyl (C=O) groups is 1. The Morgan fingerprint density at radius 2 is 2.05 bits per heavy atom. The summed E-state index contributed by atoms with van der Waals surface area (Å²) >= 11 is 0. The number of aryl methyl sites for hydroxylation is 1. The number of nitrogens with zero attached hydrogens (tertiary/aromatic N) is 2. The zero-order valence-corrected chi connectivity index (χ0v) is 10.8. The minimum atomic E-state index is -0.575. The maximum Gasteiger partial charge on any atom is 0.248 e. The molecule has 0 aliphatic heterocycles. The lowest BCUT2D eigenvalue weighted by Crippen LogP contribution is -2.11. The number of halogens is 1. The summed E-state index contributed by atoms with van der Waals surface area (Å²) in [5.41, 5.74) is 7.51. The molecule has 0 aliphatic carbocycles. The molecule has 2 aromatic carbocycles. The number of amides is 1. The topological polar surface area (TPSA) is 60.9 Å². The van der Waals surface area contributed by atoms with Crippen LogP contribution in [0.25, 0.3) is 22.0 Å². The number of benzene rings is 2. The summed E-state index contributed by atoms with van der Waals surface area (Å²) in [5.74, 6) is -0.966. The number of fused-ring (bicyclic) bond motifs is 1. The van der Waals surface area contributed by atoms with E-state index in [9.17, 15) is 9.18 Å². The second kappa shape index (κ2) is 4.45. The Morgan fingerprint density at radius 1 is 1.25 bits per heavy atom. The fourth-order valence-electron chi connectivity index (χ4n) is 2.23. The molecule has 0 spiro atoms. The van der Waals surface area contributed by atoms with Gasteiger partial charge in [-0.1, -0.05) is 6.07 Å². The van der Waals surface area contributed by atoms with Gasteiger partial charge in [0.25, 0.3) is 0 Å². The quantitative estimate of drug-likeness (QED) is 0.777. The standard InChI is InChI=1S/C15H12FN3O/c1-19-14-5-3-9(6-11(14)8-18-19)12-7-10(15(17)20)2-4-13(12)16/h2-8H,1H3,(H2,17,20). The van der Waals surface area contributed by atoms with E-state index >= 15 is 0 Å². The zero-order chi connectivity index (χ0) is 14.3. The summed E-state index contributed by atoms with van der Waals surface area (Å²) in [4.78, 5) is 11.2. The van der Waals surface area contributed by atoms with Crippen molar-refractivity contribution < 1.29 is 9.18 Å². The third kappa shape index (κ3) is 1.93.